The van der Waals surface area contributed by atoms with Crippen LogP contribution in [0.3, 0.4) is 0 Å². The maximum atomic E-state index is 11.6. The van der Waals surface area contributed by atoms with Crippen molar-refractivity contribution in [3.05, 3.63) is 24.4 Å². The monoisotopic (exact) mass is 262 g/mol. The molecule has 0 spiro atoms. The van der Waals surface area contributed by atoms with Gasteiger partial charge in [-0.2, -0.15) is 0 Å². The Morgan fingerprint density at radius 2 is 1.74 bits per heavy atom. The quantitative estimate of drug-likeness (QED) is 0.628. The molecule has 0 saturated carbocycles. The molecule has 1 aromatic rings. The van der Waals surface area contributed by atoms with E-state index in [0.717, 1.165) is 12.8 Å². The van der Waals surface area contributed by atoms with E-state index in [4.69, 9.17) is 0 Å². The van der Waals surface area contributed by atoms with Gasteiger partial charge in [0, 0.05) is 12.6 Å². The lowest BCUT2D eigenvalue weighted by Gasteiger charge is -2.04. The predicted molar refractivity (Wildman–Crippen MR) is 80.1 cm³/mol. The molecule has 0 bridgehead atoms. The average molecular weight is 262 g/mol. The van der Waals surface area contributed by atoms with Crippen LogP contribution >= 0.6 is 0 Å². The summed E-state index contributed by atoms with van der Waals surface area (Å²) in [5.74, 6) is 0.719. The minimum absolute atomic E-state index is 0.0738. The summed E-state index contributed by atoms with van der Waals surface area (Å²) in [5, 5.41) is 2.81. The van der Waals surface area contributed by atoms with Crippen LogP contribution in [0.2, 0.25) is 0 Å². The molecule has 1 aromatic heterocycles. The van der Waals surface area contributed by atoms with Crippen molar-refractivity contribution in [2.75, 3.05) is 5.32 Å². The third kappa shape index (κ3) is 8.36. The number of amides is 1. The zero-order chi connectivity index (χ0) is 13.8. The molecule has 3 nitrogen and oxygen atoms in total. The molecule has 0 aromatic carbocycles. The first kappa shape index (κ1) is 15.7. The number of carbonyl (C=O) groups is 1. The lowest BCUT2D eigenvalue weighted by atomic mass is 10.1. The maximum absolute atomic E-state index is 11.6. The topological polar surface area (TPSA) is 42.0 Å². The smallest absolute Gasteiger partial charge is 0.225 e. The molecule has 1 N–H and O–H groups in total. The Hall–Kier alpha value is -1.38. The van der Waals surface area contributed by atoms with Crippen molar-refractivity contribution in [3.8, 4) is 0 Å². The van der Waals surface area contributed by atoms with Crippen molar-refractivity contribution < 1.29 is 4.79 Å². The van der Waals surface area contributed by atoms with Gasteiger partial charge in [0.1, 0.15) is 5.82 Å². The highest BCUT2D eigenvalue weighted by atomic mass is 16.1. The van der Waals surface area contributed by atoms with Gasteiger partial charge in [0.15, 0.2) is 0 Å². The molecule has 0 aliphatic rings. The SMILES string of the molecule is CCCCCCCCCCC(=O)Nc1ccccn1. The fourth-order valence-electron chi connectivity index (χ4n) is 2.06. The Morgan fingerprint density at radius 1 is 1.05 bits per heavy atom. The highest BCUT2D eigenvalue weighted by Gasteiger charge is 2.02. The number of hydrogen-bond donors (Lipinski definition) is 1. The van der Waals surface area contributed by atoms with E-state index in [1.54, 1.807) is 6.20 Å². The van der Waals surface area contributed by atoms with Crippen LogP contribution in [0.15, 0.2) is 24.4 Å². The largest absolute Gasteiger partial charge is 0.311 e. The number of aromatic nitrogens is 1. The van der Waals surface area contributed by atoms with E-state index in [0.29, 0.717) is 12.2 Å². The summed E-state index contributed by atoms with van der Waals surface area (Å²) in [4.78, 5) is 15.7. The molecular formula is C16H26N2O. The first-order chi connectivity index (χ1) is 9.33. The number of hydrogen-bond acceptors (Lipinski definition) is 2. The molecule has 0 aliphatic heterocycles. The van der Waals surface area contributed by atoms with E-state index in [-0.39, 0.29) is 5.91 Å². The van der Waals surface area contributed by atoms with Crippen molar-refractivity contribution in [2.24, 2.45) is 0 Å². The summed E-state index contributed by atoms with van der Waals surface area (Å²) >= 11 is 0. The van der Waals surface area contributed by atoms with E-state index in [1.165, 1.54) is 38.5 Å². The summed E-state index contributed by atoms with van der Waals surface area (Å²) in [6.45, 7) is 2.24. The molecule has 106 valence electrons. The molecule has 0 unspecified atom stereocenters. The molecular weight excluding hydrogens is 236 g/mol. The molecule has 0 atom stereocenters. The van der Waals surface area contributed by atoms with Gasteiger partial charge in [0.25, 0.3) is 0 Å². The summed E-state index contributed by atoms with van der Waals surface area (Å²) in [6, 6.07) is 5.53. The standard InChI is InChI=1S/C16H26N2O/c1-2-3-4-5-6-7-8-9-13-16(19)18-15-12-10-11-14-17-15/h10-12,14H,2-9,13H2,1H3,(H,17,18,19). The van der Waals surface area contributed by atoms with Gasteiger partial charge in [0.2, 0.25) is 5.91 Å². The van der Waals surface area contributed by atoms with Crippen LogP contribution in [0.1, 0.15) is 64.7 Å². The van der Waals surface area contributed by atoms with Gasteiger partial charge in [-0.15, -0.1) is 0 Å². The minimum Gasteiger partial charge on any atom is -0.311 e. The number of rotatable bonds is 10. The van der Waals surface area contributed by atoms with E-state index < -0.39 is 0 Å². The molecule has 1 amide bonds. The molecule has 19 heavy (non-hydrogen) atoms. The summed E-state index contributed by atoms with van der Waals surface area (Å²) in [5.41, 5.74) is 0. The van der Waals surface area contributed by atoms with Crippen LogP contribution in [0.5, 0.6) is 0 Å². The fraction of sp³-hybridized carbons (Fsp3) is 0.625. The molecule has 1 rings (SSSR count). The minimum atomic E-state index is 0.0738. The number of nitrogens with one attached hydrogen (secondary N) is 1. The van der Waals surface area contributed by atoms with Crippen molar-refractivity contribution in [1.82, 2.24) is 4.98 Å². The van der Waals surface area contributed by atoms with Gasteiger partial charge < -0.3 is 5.32 Å². The number of unbranched alkanes of at least 4 members (excludes halogenated alkanes) is 7. The van der Waals surface area contributed by atoms with Gasteiger partial charge >= 0.3 is 0 Å². The second kappa shape index (κ2) is 10.5. The van der Waals surface area contributed by atoms with Crippen molar-refractivity contribution in [2.45, 2.75) is 64.7 Å². The Bertz CT molecular complexity index is 338. The first-order valence-corrected chi connectivity index (χ1v) is 7.54. The summed E-state index contributed by atoms with van der Waals surface area (Å²) < 4.78 is 0. The summed E-state index contributed by atoms with van der Waals surface area (Å²) in [6.07, 6.45) is 12.3. The van der Waals surface area contributed by atoms with Crippen molar-refractivity contribution in [1.29, 1.82) is 0 Å². The number of nitrogens with zero attached hydrogens (tertiary/aromatic N) is 1. The maximum Gasteiger partial charge on any atom is 0.225 e. The van der Waals surface area contributed by atoms with Gasteiger partial charge in [-0.25, -0.2) is 4.98 Å². The van der Waals surface area contributed by atoms with Crippen molar-refractivity contribution in [3.63, 3.8) is 0 Å². The lowest BCUT2D eigenvalue weighted by Crippen LogP contribution is -2.11. The van der Waals surface area contributed by atoms with Gasteiger partial charge in [-0.1, -0.05) is 57.9 Å². The Balaban J connectivity index is 1.96. The molecule has 0 radical (unpaired) electrons. The van der Waals surface area contributed by atoms with Crippen LogP contribution in [0.4, 0.5) is 5.82 Å². The third-order valence-electron chi connectivity index (χ3n) is 3.19. The zero-order valence-corrected chi connectivity index (χ0v) is 12.0. The van der Waals surface area contributed by atoms with Gasteiger partial charge in [-0.3, -0.25) is 4.79 Å². The van der Waals surface area contributed by atoms with Gasteiger partial charge in [0.05, 0.1) is 0 Å². The molecule has 0 fully saturated rings. The molecule has 3 heteroatoms. The Labute approximate surface area is 116 Å². The second-order valence-corrected chi connectivity index (χ2v) is 4.99. The third-order valence-corrected chi connectivity index (χ3v) is 3.19. The molecule has 1 heterocycles. The zero-order valence-electron chi connectivity index (χ0n) is 12.0. The highest BCUT2D eigenvalue weighted by Crippen LogP contribution is 2.10. The second-order valence-electron chi connectivity index (χ2n) is 4.99. The first-order valence-electron chi connectivity index (χ1n) is 7.54. The highest BCUT2D eigenvalue weighted by molar-refractivity contribution is 5.89. The van der Waals surface area contributed by atoms with Gasteiger partial charge in [-0.05, 0) is 18.6 Å². The lowest BCUT2D eigenvalue weighted by molar-refractivity contribution is -0.116. The average Bonchev–Trinajstić information content (AvgIpc) is 2.43. The fourth-order valence-corrected chi connectivity index (χ4v) is 2.06. The van der Waals surface area contributed by atoms with Crippen LogP contribution in [0.25, 0.3) is 0 Å². The predicted octanol–water partition coefficient (Wildman–Crippen LogP) is 4.55. The number of pyridine rings is 1. The summed E-state index contributed by atoms with van der Waals surface area (Å²) in [7, 11) is 0. The van der Waals surface area contributed by atoms with E-state index in [1.807, 2.05) is 18.2 Å². The molecule has 0 saturated heterocycles. The van der Waals surface area contributed by atoms with Crippen LogP contribution in [0, 0.1) is 0 Å². The van der Waals surface area contributed by atoms with E-state index >= 15 is 0 Å². The van der Waals surface area contributed by atoms with E-state index in [9.17, 15) is 4.79 Å². The molecule has 0 aliphatic carbocycles. The van der Waals surface area contributed by atoms with Crippen molar-refractivity contribution >= 4 is 11.7 Å². The Morgan fingerprint density at radius 3 is 2.37 bits per heavy atom. The van der Waals surface area contributed by atoms with E-state index in [2.05, 4.69) is 17.2 Å². The normalized spacial score (nSPS) is 10.4. The number of carbonyl (C=O) groups excluding carboxylic acids is 1. The van der Waals surface area contributed by atoms with Crippen LogP contribution in [-0.4, -0.2) is 10.9 Å². The van der Waals surface area contributed by atoms with Crippen LogP contribution in [-0.2, 0) is 4.79 Å². The Kier molecular flexibility index (Phi) is 8.69. The number of anilines is 1. The van der Waals surface area contributed by atoms with Crippen LogP contribution < -0.4 is 5.32 Å².